The van der Waals surface area contributed by atoms with Gasteiger partial charge in [-0.3, -0.25) is 9.59 Å². The Labute approximate surface area is 146 Å². The fraction of sp³-hybridized carbons (Fsp3) is 0.200. The molecule has 25 heavy (non-hydrogen) atoms. The van der Waals surface area contributed by atoms with Crippen molar-refractivity contribution in [3.05, 3.63) is 71.4 Å². The topological polar surface area (TPSA) is 102 Å². The number of para-hydroxylation sites is 1. The zero-order valence-electron chi connectivity index (χ0n) is 13.9. The first-order valence-corrected chi connectivity index (χ1v) is 8.27. The lowest BCUT2D eigenvalue weighted by molar-refractivity contribution is -0.117. The highest BCUT2D eigenvalue weighted by Crippen LogP contribution is 2.20. The molecule has 5 N–H and O–H groups in total. The van der Waals surface area contributed by atoms with Crippen LogP contribution in [0.1, 0.15) is 27.9 Å². The molecule has 0 spiro atoms. The Bertz CT molecular complexity index is 914. The van der Waals surface area contributed by atoms with Crippen molar-refractivity contribution in [1.82, 2.24) is 4.98 Å². The number of aryl methyl sites for hydroxylation is 1. The van der Waals surface area contributed by atoms with Crippen LogP contribution in [0.2, 0.25) is 0 Å². The van der Waals surface area contributed by atoms with Crippen LogP contribution < -0.4 is 11.5 Å². The number of hydrogen-bond donors (Lipinski definition) is 3. The number of carbonyl (C=O) groups excluding carboxylic acids is 2. The monoisotopic (exact) mass is 335 g/mol. The molecule has 0 bridgehead atoms. The van der Waals surface area contributed by atoms with Crippen molar-refractivity contribution in [2.75, 3.05) is 0 Å². The van der Waals surface area contributed by atoms with Crippen molar-refractivity contribution >= 4 is 22.6 Å². The van der Waals surface area contributed by atoms with Crippen LogP contribution in [0.3, 0.4) is 0 Å². The molecule has 5 heteroatoms. The number of rotatable bonds is 7. The van der Waals surface area contributed by atoms with Gasteiger partial charge in [-0.15, -0.1) is 0 Å². The minimum atomic E-state index is -0.645. The van der Waals surface area contributed by atoms with Gasteiger partial charge in [0, 0.05) is 29.1 Å². The van der Waals surface area contributed by atoms with Gasteiger partial charge in [0.05, 0.1) is 6.04 Å². The Balaban J connectivity index is 1.80. The smallest absolute Gasteiger partial charge is 0.217 e. The van der Waals surface area contributed by atoms with Gasteiger partial charge in [0.25, 0.3) is 0 Å². The van der Waals surface area contributed by atoms with Gasteiger partial charge in [0.2, 0.25) is 5.91 Å². The first-order valence-electron chi connectivity index (χ1n) is 8.27. The first kappa shape index (κ1) is 16.9. The zero-order valence-corrected chi connectivity index (χ0v) is 13.9. The third kappa shape index (κ3) is 3.78. The van der Waals surface area contributed by atoms with Gasteiger partial charge in [-0.25, -0.2) is 0 Å². The van der Waals surface area contributed by atoms with E-state index >= 15 is 0 Å². The molecule has 3 aromatic rings. The summed E-state index contributed by atoms with van der Waals surface area (Å²) in [6.45, 7) is 0. The van der Waals surface area contributed by atoms with Gasteiger partial charge in [-0.05, 0) is 30.0 Å². The Morgan fingerprint density at radius 3 is 2.52 bits per heavy atom. The number of carbonyl (C=O) groups is 2. The van der Waals surface area contributed by atoms with E-state index in [1.807, 2.05) is 42.6 Å². The highest BCUT2D eigenvalue weighted by molar-refractivity contribution is 6.01. The average Bonchev–Trinajstić information content (AvgIpc) is 3.02. The third-order valence-corrected chi connectivity index (χ3v) is 4.38. The molecule has 0 aliphatic carbocycles. The van der Waals surface area contributed by atoms with Crippen molar-refractivity contribution in [2.24, 2.45) is 11.5 Å². The number of Topliss-reactive ketones (excluding diaryl/α,β-unsaturated/α-hetero) is 1. The number of ketones is 1. The van der Waals surface area contributed by atoms with Crippen molar-refractivity contribution in [2.45, 2.75) is 25.3 Å². The van der Waals surface area contributed by atoms with Crippen LogP contribution >= 0.6 is 0 Å². The Hall–Kier alpha value is -2.92. The Morgan fingerprint density at radius 2 is 1.72 bits per heavy atom. The second kappa shape index (κ2) is 7.32. The Kier molecular flexibility index (Phi) is 4.95. The maximum absolute atomic E-state index is 12.8. The van der Waals surface area contributed by atoms with E-state index in [2.05, 4.69) is 4.98 Å². The van der Waals surface area contributed by atoms with Crippen molar-refractivity contribution in [3.8, 4) is 0 Å². The fourth-order valence-electron chi connectivity index (χ4n) is 3.07. The molecule has 0 unspecified atom stereocenters. The molecule has 128 valence electrons. The van der Waals surface area contributed by atoms with Gasteiger partial charge in [-0.2, -0.15) is 0 Å². The molecule has 0 radical (unpaired) electrons. The van der Waals surface area contributed by atoms with Crippen molar-refractivity contribution < 1.29 is 9.59 Å². The van der Waals surface area contributed by atoms with Gasteiger partial charge in [0.1, 0.15) is 0 Å². The largest absolute Gasteiger partial charge is 0.370 e. The summed E-state index contributed by atoms with van der Waals surface area (Å²) in [6, 6.07) is 14.5. The third-order valence-electron chi connectivity index (χ3n) is 4.38. The van der Waals surface area contributed by atoms with E-state index in [1.54, 1.807) is 12.1 Å². The maximum atomic E-state index is 12.8. The molecule has 1 aromatic heterocycles. The number of amides is 1. The lowest BCUT2D eigenvalue weighted by atomic mass is 9.93. The van der Waals surface area contributed by atoms with E-state index in [1.165, 1.54) is 0 Å². The zero-order chi connectivity index (χ0) is 17.8. The highest BCUT2D eigenvalue weighted by Gasteiger charge is 2.20. The standard InChI is InChI=1S/C20H21N3O2/c21-17(11-14-12-23-18-8-4-3-6-15(14)18)20(25)16-7-2-1-5-13(16)9-10-19(22)24/h1-8,12,17,23H,9-11,21H2,(H2,22,24)/t17-/m0/s1. The fourth-order valence-corrected chi connectivity index (χ4v) is 3.07. The number of primary amides is 1. The highest BCUT2D eigenvalue weighted by atomic mass is 16.1. The van der Waals surface area contributed by atoms with Gasteiger partial charge in [-0.1, -0.05) is 42.5 Å². The van der Waals surface area contributed by atoms with Gasteiger partial charge < -0.3 is 16.5 Å². The number of nitrogens with one attached hydrogen (secondary N) is 1. The number of H-pyrrole nitrogens is 1. The molecule has 5 nitrogen and oxygen atoms in total. The Morgan fingerprint density at radius 1 is 1.00 bits per heavy atom. The summed E-state index contributed by atoms with van der Waals surface area (Å²) >= 11 is 0. The molecule has 1 amide bonds. The minimum Gasteiger partial charge on any atom is -0.370 e. The molecular formula is C20H21N3O2. The van der Waals surface area contributed by atoms with Gasteiger partial charge >= 0.3 is 0 Å². The quantitative estimate of drug-likeness (QED) is 0.577. The van der Waals surface area contributed by atoms with Crippen LogP contribution in [0.5, 0.6) is 0 Å². The summed E-state index contributed by atoms with van der Waals surface area (Å²) in [5, 5.41) is 1.08. The number of fused-ring (bicyclic) bond motifs is 1. The van der Waals surface area contributed by atoms with Crippen LogP contribution in [0.4, 0.5) is 0 Å². The summed E-state index contributed by atoms with van der Waals surface area (Å²) in [5.74, 6) is -0.504. The molecule has 0 fully saturated rings. The van der Waals surface area contributed by atoms with Crippen LogP contribution in [-0.2, 0) is 17.6 Å². The lowest BCUT2D eigenvalue weighted by Gasteiger charge is -2.13. The van der Waals surface area contributed by atoms with E-state index in [4.69, 9.17) is 11.5 Å². The second-order valence-electron chi connectivity index (χ2n) is 6.16. The molecular weight excluding hydrogens is 314 g/mol. The van der Waals surface area contributed by atoms with E-state index in [0.717, 1.165) is 22.0 Å². The van der Waals surface area contributed by atoms with E-state index in [-0.39, 0.29) is 18.1 Å². The van der Waals surface area contributed by atoms with E-state index < -0.39 is 6.04 Å². The molecule has 2 aromatic carbocycles. The SMILES string of the molecule is NC(=O)CCc1ccccc1C(=O)[C@@H](N)Cc1c[nH]c2ccccc12. The predicted molar refractivity (Wildman–Crippen MR) is 98.3 cm³/mol. The molecule has 0 aliphatic heterocycles. The van der Waals surface area contributed by atoms with Crippen molar-refractivity contribution in [1.29, 1.82) is 0 Å². The molecule has 1 atom stereocenters. The maximum Gasteiger partial charge on any atom is 0.217 e. The molecule has 0 aliphatic rings. The normalized spacial score (nSPS) is 12.2. The van der Waals surface area contributed by atoms with E-state index in [0.29, 0.717) is 18.4 Å². The van der Waals surface area contributed by atoms with E-state index in [9.17, 15) is 9.59 Å². The molecule has 0 saturated heterocycles. The molecule has 3 rings (SSSR count). The number of hydrogen-bond acceptors (Lipinski definition) is 3. The predicted octanol–water partition coefficient (Wildman–Crippen LogP) is 2.34. The summed E-state index contributed by atoms with van der Waals surface area (Å²) < 4.78 is 0. The van der Waals surface area contributed by atoms with Crippen molar-refractivity contribution in [3.63, 3.8) is 0 Å². The number of aromatic nitrogens is 1. The summed E-state index contributed by atoms with van der Waals surface area (Å²) in [7, 11) is 0. The summed E-state index contributed by atoms with van der Waals surface area (Å²) in [5.41, 5.74) is 14.8. The van der Waals surface area contributed by atoms with Gasteiger partial charge in [0.15, 0.2) is 5.78 Å². The molecule has 0 saturated carbocycles. The van der Waals surface area contributed by atoms with Crippen LogP contribution in [-0.4, -0.2) is 22.7 Å². The molecule has 1 heterocycles. The summed E-state index contributed by atoms with van der Waals surface area (Å²) in [4.78, 5) is 27.1. The number of benzene rings is 2. The van der Waals surface area contributed by atoms with Crippen LogP contribution in [0.25, 0.3) is 10.9 Å². The van der Waals surface area contributed by atoms with Crippen LogP contribution in [0.15, 0.2) is 54.7 Å². The summed E-state index contributed by atoms with van der Waals surface area (Å²) in [6.07, 6.45) is 3.00. The first-order chi connectivity index (χ1) is 12.1. The average molecular weight is 335 g/mol. The number of nitrogens with two attached hydrogens (primary N) is 2. The lowest BCUT2D eigenvalue weighted by Crippen LogP contribution is -2.33. The minimum absolute atomic E-state index is 0.120. The second-order valence-corrected chi connectivity index (χ2v) is 6.16. The van der Waals surface area contributed by atoms with Crippen LogP contribution in [0, 0.1) is 0 Å². The number of aromatic amines is 1.